The Morgan fingerprint density at radius 1 is 0.952 bits per heavy atom. The zero-order valence-corrected chi connectivity index (χ0v) is 10.9. The highest BCUT2D eigenvalue weighted by molar-refractivity contribution is 5.93. The van der Waals surface area contributed by atoms with Crippen molar-refractivity contribution in [3.63, 3.8) is 0 Å². The molecule has 2 rings (SSSR count). The molecule has 0 heterocycles. The van der Waals surface area contributed by atoms with Crippen molar-refractivity contribution in [2.45, 2.75) is 6.18 Å². The number of amides is 1. The number of halogens is 3. The van der Waals surface area contributed by atoms with Crippen molar-refractivity contribution in [2.24, 2.45) is 5.73 Å². The number of carbonyl (C=O) groups is 1. The fourth-order valence-corrected chi connectivity index (χ4v) is 1.77. The molecule has 0 aromatic heterocycles. The minimum Gasteiger partial charge on any atom is -0.366 e. The molecule has 0 saturated carbocycles. The van der Waals surface area contributed by atoms with Crippen LogP contribution in [0.25, 0.3) is 12.2 Å². The number of carbonyl (C=O) groups excluding carboxylic acids is 1. The number of nitrogens with two attached hydrogens (primary N) is 1. The van der Waals surface area contributed by atoms with Gasteiger partial charge < -0.3 is 5.73 Å². The predicted octanol–water partition coefficient (Wildman–Crippen LogP) is 3.97. The Morgan fingerprint density at radius 2 is 1.57 bits per heavy atom. The molecule has 0 radical (unpaired) electrons. The lowest BCUT2D eigenvalue weighted by Crippen LogP contribution is -2.10. The first kappa shape index (κ1) is 14.8. The number of rotatable bonds is 3. The molecule has 0 aliphatic carbocycles. The summed E-state index contributed by atoms with van der Waals surface area (Å²) in [6.07, 6.45) is -1.11. The van der Waals surface area contributed by atoms with Crippen LogP contribution < -0.4 is 5.73 Å². The van der Waals surface area contributed by atoms with E-state index in [1.807, 2.05) is 0 Å². The van der Waals surface area contributed by atoms with Gasteiger partial charge in [0.05, 0.1) is 5.56 Å². The normalized spacial score (nSPS) is 11.8. The lowest BCUT2D eigenvalue weighted by Gasteiger charge is -2.06. The van der Waals surface area contributed by atoms with Crippen molar-refractivity contribution in [3.05, 3.63) is 70.8 Å². The van der Waals surface area contributed by atoms with Crippen LogP contribution in [0.2, 0.25) is 0 Å². The van der Waals surface area contributed by atoms with Crippen LogP contribution >= 0.6 is 0 Å². The molecule has 2 nitrogen and oxygen atoms in total. The highest BCUT2D eigenvalue weighted by Gasteiger charge is 2.30. The molecule has 0 fully saturated rings. The maximum Gasteiger partial charge on any atom is 0.416 e. The standard InChI is InChI=1S/C16H12F3NO/c17-16(18,19)14-3-1-2-12(10-14)5-4-11-6-8-13(9-7-11)15(20)21/h1-10H,(H2,20,21)/b5-4+. The van der Waals surface area contributed by atoms with E-state index in [0.717, 1.165) is 17.7 Å². The number of benzene rings is 2. The Kier molecular flexibility index (Phi) is 4.12. The summed E-state index contributed by atoms with van der Waals surface area (Å²) >= 11 is 0. The molecular weight excluding hydrogens is 279 g/mol. The van der Waals surface area contributed by atoms with Crippen LogP contribution in [0.5, 0.6) is 0 Å². The Balaban J connectivity index is 2.19. The first-order valence-corrected chi connectivity index (χ1v) is 6.11. The first-order valence-electron chi connectivity index (χ1n) is 6.11. The molecule has 5 heteroatoms. The highest BCUT2D eigenvalue weighted by Crippen LogP contribution is 2.29. The number of alkyl halides is 3. The minimum atomic E-state index is -4.35. The minimum absolute atomic E-state index is 0.381. The molecule has 108 valence electrons. The van der Waals surface area contributed by atoms with Gasteiger partial charge in [0, 0.05) is 5.56 Å². The highest BCUT2D eigenvalue weighted by atomic mass is 19.4. The molecule has 1 amide bonds. The van der Waals surface area contributed by atoms with Crippen molar-refractivity contribution in [2.75, 3.05) is 0 Å². The monoisotopic (exact) mass is 291 g/mol. The van der Waals surface area contributed by atoms with Crippen LogP contribution in [-0.4, -0.2) is 5.91 Å². The van der Waals surface area contributed by atoms with E-state index in [-0.39, 0.29) is 0 Å². The van der Waals surface area contributed by atoms with Crippen LogP contribution in [-0.2, 0) is 6.18 Å². The van der Waals surface area contributed by atoms with E-state index in [2.05, 4.69) is 0 Å². The third kappa shape index (κ3) is 3.95. The zero-order chi connectivity index (χ0) is 15.5. The smallest absolute Gasteiger partial charge is 0.366 e. The second-order valence-corrected chi connectivity index (χ2v) is 4.44. The van der Waals surface area contributed by atoms with Crippen LogP contribution in [0.3, 0.4) is 0 Å². The quantitative estimate of drug-likeness (QED) is 0.854. The van der Waals surface area contributed by atoms with Gasteiger partial charge in [0.15, 0.2) is 0 Å². The molecule has 2 aromatic carbocycles. The lowest BCUT2D eigenvalue weighted by molar-refractivity contribution is -0.137. The van der Waals surface area contributed by atoms with Gasteiger partial charge in [-0.1, -0.05) is 36.4 Å². The lowest BCUT2D eigenvalue weighted by atomic mass is 10.1. The van der Waals surface area contributed by atoms with Crippen molar-refractivity contribution in [1.82, 2.24) is 0 Å². The summed E-state index contributed by atoms with van der Waals surface area (Å²) in [6.45, 7) is 0. The second-order valence-electron chi connectivity index (χ2n) is 4.44. The van der Waals surface area contributed by atoms with E-state index in [4.69, 9.17) is 5.73 Å². The van der Waals surface area contributed by atoms with E-state index in [0.29, 0.717) is 11.1 Å². The van der Waals surface area contributed by atoms with Gasteiger partial charge in [-0.3, -0.25) is 4.79 Å². The maximum atomic E-state index is 12.6. The third-order valence-corrected chi connectivity index (χ3v) is 2.88. The average molecular weight is 291 g/mol. The fourth-order valence-electron chi connectivity index (χ4n) is 1.77. The van der Waals surface area contributed by atoms with Crippen molar-refractivity contribution < 1.29 is 18.0 Å². The number of primary amides is 1. The summed E-state index contributed by atoms with van der Waals surface area (Å²) in [5, 5.41) is 0. The number of hydrogen-bond acceptors (Lipinski definition) is 1. The Labute approximate surface area is 119 Å². The summed E-state index contributed by atoms with van der Waals surface area (Å²) in [7, 11) is 0. The van der Waals surface area contributed by atoms with Crippen molar-refractivity contribution in [1.29, 1.82) is 0 Å². The van der Waals surface area contributed by atoms with Gasteiger partial charge in [0.25, 0.3) is 0 Å². The van der Waals surface area contributed by atoms with Gasteiger partial charge in [-0.2, -0.15) is 13.2 Å². The molecule has 0 atom stereocenters. The predicted molar refractivity (Wildman–Crippen MR) is 75.3 cm³/mol. The SMILES string of the molecule is NC(=O)c1ccc(/C=C/c2cccc(C(F)(F)F)c2)cc1. The first-order chi connectivity index (χ1) is 9.86. The van der Waals surface area contributed by atoms with Crippen molar-refractivity contribution in [3.8, 4) is 0 Å². The Morgan fingerprint density at radius 3 is 2.14 bits per heavy atom. The number of hydrogen-bond donors (Lipinski definition) is 1. The molecule has 0 aliphatic heterocycles. The average Bonchev–Trinajstić information content (AvgIpc) is 2.45. The van der Waals surface area contributed by atoms with Crippen LogP contribution in [0, 0.1) is 0 Å². The molecule has 0 unspecified atom stereocenters. The Hall–Kier alpha value is -2.56. The Bertz CT molecular complexity index is 673. The zero-order valence-electron chi connectivity index (χ0n) is 10.9. The van der Waals surface area contributed by atoms with Gasteiger partial charge >= 0.3 is 6.18 Å². The van der Waals surface area contributed by atoms with Crippen LogP contribution in [0.1, 0.15) is 27.0 Å². The maximum absolute atomic E-state index is 12.6. The molecule has 0 aliphatic rings. The van der Waals surface area contributed by atoms with E-state index in [1.165, 1.54) is 6.07 Å². The molecule has 21 heavy (non-hydrogen) atoms. The van der Waals surface area contributed by atoms with Gasteiger partial charge in [0.1, 0.15) is 0 Å². The molecule has 0 bridgehead atoms. The summed E-state index contributed by atoms with van der Waals surface area (Å²) in [5.74, 6) is -0.525. The van der Waals surface area contributed by atoms with Gasteiger partial charge in [-0.15, -0.1) is 0 Å². The largest absolute Gasteiger partial charge is 0.416 e. The van der Waals surface area contributed by atoms with Gasteiger partial charge in [-0.25, -0.2) is 0 Å². The topological polar surface area (TPSA) is 43.1 Å². The fraction of sp³-hybridized carbons (Fsp3) is 0.0625. The molecule has 2 aromatic rings. The molecular formula is C16H12F3NO. The van der Waals surface area contributed by atoms with Crippen molar-refractivity contribution >= 4 is 18.1 Å². The molecule has 2 N–H and O–H groups in total. The summed E-state index contributed by atoms with van der Waals surface area (Å²) in [6, 6.07) is 11.5. The van der Waals surface area contributed by atoms with Crippen LogP contribution in [0.4, 0.5) is 13.2 Å². The summed E-state index contributed by atoms with van der Waals surface area (Å²) < 4.78 is 37.8. The molecule has 0 saturated heterocycles. The second kappa shape index (κ2) is 5.83. The van der Waals surface area contributed by atoms with Gasteiger partial charge in [0.2, 0.25) is 5.91 Å². The molecule has 0 spiro atoms. The van der Waals surface area contributed by atoms with Crippen LogP contribution in [0.15, 0.2) is 48.5 Å². The van der Waals surface area contributed by atoms with Gasteiger partial charge in [-0.05, 0) is 35.4 Å². The van der Waals surface area contributed by atoms with E-state index >= 15 is 0 Å². The summed E-state index contributed by atoms with van der Waals surface area (Å²) in [5.41, 5.74) is 6.03. The van der Waals surface area contributed by atoms with E-state index in [1.54, 1.807) is 42.5 Å². The summed E-state index contributed by atoms with van der Waals surface area (Å²) in [4.78, 5) is 10.9. The van der Waals surface area contributed by atoms with E-state index < -0.39 is 17.6 Å². The third-order valence-electron chi connectivity index (χ3n) is 2.88. The van der Waals surface area contributed by atoms with E-state index in [9.17, 15) is 18.0 Å².